The van der Waals surface area contributed by atoms with Crippen molar-refractivity contribution in [2.45, 2.75) is 31.0 Å². The summed E-state index contributed by atoms with van der Waals surface area (Å²) in [7, 11) is 1.82. The number of aryl methyl sites for hydroxylation is 1. The number of rotatable bonds is 7. The van der Waals surface area contributed by atoms with Gasteiger partial charge >= 0.3 is 5.97 Å². The smallest absolute Gasteiger partial charge is 0.323 e. The summed E-state index contributed by atoms with van der Waals surface area (Å²) in [5.74, 6) is -0.139. The summed E-state index contributed by atoms with van der Waals surface area (Å²) in [6, 6.07) is 0. The Balaban J connectivity index is 2.48. The van der Waals surface area contributed by atoms with Gasteiger partial charge in [-0.25, -0.2) is 9.67 Å². The van der Waals surface area contributed by atoms with E-state index in [1.165, 1.54) is 18.1 Å². The zero-order chi connectivity index (χ0) is 12.9. The van der Waals surface area contributed by atoms with E-state index in [0.29, 0.717) is 18.7 Å². The molecular weight excluding hydrogens is 240 g/mol. The molecule has 0 saturated carbocycles. The third-order valence-corrected chi connectivity index (χ3v) is 3.58. The molecule has 17 heavy (non-hydrogen) atoms. The Bertz CT molecular complexity index is 382. The van der Waals surface area contributed by atoms with Crippen LogP contribution in [0.25, 0.3) is 0 Å². The molecule has 1 unspecified atom stereocenters. The SMILES string of the molecule is CCNC(C)(CCSc1ncnn1C)C(=O)O. The minimum Gasteiger partial charge on any atom is -0.480 e. The number of hydrogen-bond acceptors (Lipinski definition) is 5. The highest BCUT2D eigenvalue weighted by Gasteiger charge is 2.31. The number of likely N-dealkylation sites (N-methyl/N-ethyl adjacent to an activating group) is 1. The summed E-state index contributed by atoms with van der Waals surface area (Å²) in [5.41, 5.74) is -0.875. The zero-order valence-electron chi connectivity index (χ0n) is 10.3. The van der Waals surface area contributed by atoms with Crippen molar-refractivity contribution in [3.8, 4) is 0 Å². The molecule has 0 aliphatic heterocycles. The molecule has 1 heterocycles. The second-order valence-electron chi connectivity index (χ2n) is 3.93. The molecular formula is C10H18N4O2S. The Labute approximate surface area is 105 Å². The molecule has 0 amide bonds. The van der Waals surface area contributed by atoms with Gasteiger partial charge in [-0.3, -0.25) is 4.79 Å². The van der Waals surface area contributed by atoms with Crippen molar-refractivity contribution >= 4 is 17.7 Å². The monoisotopic (exact) mass is 258 g/mol. The summed E-state index contributed by atoms with van der Waals surface area (Å²) in [6.45, 7) is 4.24. The Morgan fingerprint density at radius 1 is 1.71 bits per heavy atom. The van der Waals surface area contributed by atoms with E-state index in [9.17, 15) is 9.90 Å². The van der Waals surface area contributed by atoms with Crippen molar-refractivity contribution < 1.29 is 9.90 Å². The van der Waals surface area contributed by atoms with E-state index in [-0.39, 0.29) is 0 Å². The first-order chi connectivity index (χ1) is 7.99. The molecule has 7 heteroatoms. The van der Waals surface area contributed by atoms with Crippen molar-refractivity contribution in [2.75, 3.05) is 12.3 Å². The van der Waals surface area contributed by atoms with Crippen LogP contribution in [0.1, 0.15) is 20.3 Å². The molecule has 0 saturated heterocycles. The lowest BCUT2D eigenvalue weighted by atomic mass is 9.99. The van der Waals surface area contributed by atoms with E-state index in [4.69, 9.17) is 0 Å². The first-order valence-electron chi connectivity index (χ1n) is 5.45. The van der Waals surface area contributed by atoms with Gasteiger partial charge in [0.25, 0.3) is 0 Å². The molecule has 96 valence electrons. The summed E-state index contributed by atoms with van der Waals surface area (Å²) in [4.78, 5) is 15.2. The quantitative estimate of drug-likeness (QED) is 0.703. The predicted molar refractivity (Wildman–Crippen MR) is 66.1 cm³/mol. The third kappa shape index (κ3) is 3.71. The van der Waals surface area contributed by atoms with Gasteiger partial charge in [-0.2, -0.15) is 5.10 Å². The number of carboxylic acid groups (broad SMARTS) is 1. The molecule has 0 bridgehead atoms. The van der Waals surface area contributed by atoms with Crippen LogP contribution in [0.2, 0.25) is 0 Å². The lowest BCUT2D eigenvalue weighted by Gasteiger charge is -2.25. The van der Waals surface area contributed by atoms with Crippen LogP contribution in [0.15, 0.2) is 11.5 Å². The summed E-state index contributed by atoms with van der Waals surface area (Å²) in [5, 5.41) is 16.9. The maximum absolute atomic E-state index is 11.2. The third-order valence-electron chi connectivity index (χ3n) is 2.54. The first-order valence-corrected chi connectivity index (χ1v) is 6.43. The number of thioether (sulfide) groups is 1. The average molecular weight is 258 g/mol. The van der Waals surface area contributed by atoms with E-state index in [2.05, 4.69) is 15.4 Å². The Morgan fingerprint density at radius 3 is 2.88 bits per heavy atom. The van der Waals surface area contributed by atoms with Gasteiger partial charge in [-0.15, -0.1) is 0 Å². The van der Waals surface area contributed by atoms with Crippen LogP contribution >= 0.6 is 11.8 Å². The maximum Gasteiger partial charge on any atom is 0.323 e. The van der Waals surface area contributed by atoms with E-state index in [1.807, 2.05) is 14.0 Å². The first kappa shape index (κ1) is 14.0. The van der Waals surface area contributed by atoms with Gasteiger partial charge in [0.1, 0.15) is 11.9 Å². The lowest BCUT2D eigenvalue weighted by Crippen LogP contribution is -2.49. The highest BCUT2D eigenvalue weighted by Crippen LogP contribution is 2.19. The van der Waals surface area contributed by atoms with Gasteiger partial charge in [0.15, 0.2) is 5.16 Å². The molecule has 0 aliphatic carbocycles. The van der Waals surface area contributed by atoms with Crippen LogP contribution in [0, 0.1) is 0 Å². The fourth-order valence-corrected chi connectivity index (χ4v) is 2.47. The van der Waals surface area contributed by atoms with Crippen LogP contribution in [0.4, 0.5) is 0 Å². The van der Waals surface area contributed by atoms with Gasteiger partial charge < -0.3 is 10.4 Å². The number of carbonyl (C=O) groups is 1. The molecule has 2 N–H and O–H groups in total. The second-order valence-corrected chi connectivity index (χ2v) is 4.99. The number of hydrogen-bond donors (Lipinski definition) is 2. The van der Waals surface area contributed by atoms with Crippen LogP contribution < -0.4 is 5.32 Å². The van der Waals surface area contributed by atoms with E-state index in [0.717, 1.165) is 5.16 Å². The largest absolute Gasteiger partial charge is 0.480 e. The Kier molecular flexibility index (Phi) is 4.95. The molecule has 0 spiro atoms. The Morgan fingerprint density at radius 2 is 2.41 bits per heavy atom. The van der Waals surface area contributed by atoms with Crippen LogP contribution in [-0.4, -0.2) is 43.7 Å². The normalized spacial score (nSPS) is 14.5. The number of aliphatic carboxylic acids is 1. The van der Waals surface area contributed by atoms with Crippen molar-refractivity contribution in [1.82, 2.24) is 20.1 Å². The van der Waals surface area contributed by atoms with Gasteiger partial charge in [0.05, 0.1) is 0 Å². The molecule has 0 radical (unpaired) electrons. The molecule has 1 rings (SSSR count). The number of nitrogens with one attached hydrogen (secondary N) is 1. The molecule has 0 aromatic carbocycles. The molecule has 0 fully saturated rings. The summed E-state index contributed by atoms with van der Waals surface area (Å²) >= 11 is 1.51. The standard InChI is InChI=1S/C10H18N4O2S/c1-4-12-10(2,8(15)16)5-6-17-9-11-7-13-14(9)3/h7,12H,4-6H2,1-3H3,(H,15,16). The van der Waals surface area contributed by atoms with E-state index >= 15 is 0 Å². The van der Waals surface area contributed by atoms with Crippen molar-refractivity contribution in [1.29, 1.82) is 0 Å². The lowest BCUT2D eigenvalue weighted by molar-refractivity contribution is -0.144. The fraction of sp³-hybridized carbons (Fsp3) is 0.700. The molecule has 1 aromatic rings. The fourth-order valence-electron chi connectivity index (χ4n) is 1.42. The number of carboxylic acids is 1. The van der Waals surface area contributed by atoms with Gasteiger partial charge in [-0.1, -0.05) is 18.7 Å². The van der Waals surface area contributed by atoms with Crippen molar-refractivity contribution in [3.63, 3.8) is 0 Å². The number of nitrogens with zero attached hydrogens (tertiary/aromatic N) is 3. The van der Waals surface area contributed by atoms with Crippen LogP contribution in [0.3, 0.4) is 0 Å². The Hall–Kier alpha value is -1.08. The van der Waals surface area contributed by atoms with Gasteiger partial charge in [0, 0.05) is 12.8 Å². The number of aromatic nitrogens is 3. The van der Waals surface area contributed by atoms with E-state index < -0.39 is 11.5 Å². The maximum atomic E-state index is 11.2. The molecule has 1 aromatic heterocycles. The zero-order valence-corrected chi connectivity index (χ0v) is 11.1. The van der Waals surface area contributed by atoms with Crippen LogP contribution in [-0.2, 0) is 11.8 Å². The summed E-state index contributed by atoms with van der Waals surface area (Å²) < 4.78 is 1.68. The molecule has 6 nitrogen and oxygen atoms in total. The minimum atomic E-state index is -0.875. The van der Waals surface area contributed by atoms with E-state index in [1.54, 1.807) is 11.6 Å². The topological polar surface area (TPSA) is 80.0 Å². The molecule has 1 atom stereocenters. The second kappa shape index (κ2) is 6.02. The van der Waals surface area contributed by atoms with Crippen LogP contribution in [0.5, 0.6) is 0 Å². The van der Waals surface area contributed by atoms with Gasteiger partial charge in [-0.05, 0) is 19.9 Å². The van der Waals surface area contributed by atoms with Crippen molar-refractivity contribution in [3.05, 3.63) is 6.33 Å². The minimum absolute atomic E-state index is 0.535. The van der Waals surface area contributed by atoms with Crippen molar-refractivity contribution in [2.24, 2.45) is 7.05 Å². The summed E-state index contributed by atoms with van der Waals surface area (Å²) in [6.07, 6.45) is 2.02. The highest BCUT2D eigenvalue weighted by molar-refractivity contribution is 7.99. The average Bonchev–Trinajstić information content (AvgIpc) is 2.65. The van der Waals surface area contributed by atoms with Gasteiger partial charge in [0.2, 0.25) is 0 Å². The predicted octanol–water partition coefficient (Wildman–Crippen LogP) is 0.750. The molecule has 0 aliphatic rings. The highest BCUT2D eigenvalue weighted by atomic mass is 32.2.